The van der Waals surface area contributed by atoms with E-state index in [1.165, 1.54) is 12.7 Å². The fraction of sp³-hybridized carbons (Fsp3) is 0.615. The summed E-state index contributed by atoms with van der Waals surface area (Å²) in [6.45, 7) is 4.49. The van der Waals surface area contributed by atoms with E-state index >= 15 is 0 Å². The number of hydrogen-bond donors (Lipinski definition) is 1. The van der Waals surface area contributed by atoms with Gasteiger partial charge in [0.15, 0.2) is 0 Å². The van der Waals surface area contributed by atoms with Crippen molar-refractivity contribution in [3.8, 4) is 0 Å². The van der Waals surface area contributed by atoms with Gasteiger partial charge in [-0.2, -0.15) is 0 Å². The van der Waals surface area contributed by atoms with Crippen LogP contribution in [0.4, 0.5) is 0 Å². The molecule has 1 unspecified atom stereocenters. The van der Waals surface area contributed by atoms with Crippen molar-refractivity contribution in [3.63, 3.8) is 0 Å². The van der Waals surface area contributed by atoms with Crippen LogP contribution in [-0.4, -0.2) is 11.9 Å². The minimum absolute atomic E-state index is 0.133. The summed E-state index contributed by atoms with van der Waals surface area (Å²) in [6.07, 6.45) is 5.89. The van der Waals surface area contributed by atoms with Gasteiger partial charge in [0.05, 0.1) is 11.8 Å². The summed E-state index contributed by atoms with van der Waals surface area (Å²) in [6, 6.07) is 1.85. The summed E-state index contributed by atoms with van der Waals surface area (Å²) in [7, 11) is 0. The third-order valence-electron chi connectivity index (χ3n) is 3.40. The summed E-state index contributed by atoms with van der Waals surface area (Å²) >= 11 is 5.78. The first-order valence-electron chi connectivity index (χ1n) is 6.02. The zero-order valence-electron chi connectivity index (χ0n) is 10.3. The monoisotopic (exact) mass is 255 g/mol. The predicted molar refractivity (Wildman–Crippen MR) is 67.2 cm³/mol. The molecule has 1 aromatic rings. The number of halogens is 1. The van der Waals surface area contributed by atoms with Gasteiger partial charge in [0.1, 0.15) is 0 Å². The van der Waals surface area contributed by atoms with Crippen molar-refractivity contribution in [2.75, 3.05) is 0 Å². The molecule has 0 aliphatic heterocycles. The molecule has 94 valence electrons. The molecule has 3 nitrogen and oxygen atoms in total. The zero-order valence-corrected chi connectivity index (χ0v) is 11.0. The Balaban J connectivity index is 1.98. The minimum atomic E-state index is -0.133. The number of rotatable bonds is 2. The Morgan fingerprint density at radius 2 is 2.35 bits per heavy atom. The molecule has 0 aromatic carbocycles. The first kappa shape index (κ1) is 12.5. The van der Waals surface area contributed by atoms with Gasteiger partial charge < -0.3 is 9.73 Å². The molecule has 0 radical (unpaired) electrons. The molecule has 1 aromatic heterocycles. The van der Waals surface area contributed by atoms with Crippen LogP contribution < -0.4 is 5.32 Å². The fourth-order valence-corrected chi connectivity index (χ4v) is 2.74. The van der Waals surface area contributed by atoms with E-state index in [1.54, 1.807) is 6.07 Å². The zero-order chi connectivity index (χ0) is 12.5. The number of carbonyl (C=O) groups is 1. The molecule has 0 saturated heterocycles. The van der Waals surface area contributed by atoms with Crippen LogP contribution in [0.15, 0.2) is 16.7 Å². The average Bonchev–Trinajstić information content (AvgIpc) is 2.62. The second-order valence-corrected chi connectivity index (χ2v) is 5.88. The molecule has 1 amide bonds. The van der Waals surface area contributed by atoms with Crippen molar-refractivity contribution in [1.82, 2.24) is 5.32 Å². The maximum atomic E-state index is 12.0. The highest BCUT2D eigenvalue weighted by Crippen LogP contribution is 2.35. The molecule has 17 heavy (non-hydrogen) atoms. The number of carbonyl (C=O) groups excluding carboxylic acids is 1. The Morgan fingerprint density at radius 3 is 2.94 bits per heavy atom. The Hall–Kier alpha value is -0.960. The van der Waals surface area contributed by atoms with Crippen molar-refractivity contribution in [3.05, 3.63) is 23.1 Å². The van der Waals surface area contributed by atoms with Crippen LogP contribution in [0.25, 0.3) is 0 Å². The largest absolute Gasteiger partial charge is 0.452 e. The lowest BCUT2D eigenvalue weighted by atomic mass is 9.75. The third kappa shape index (κ3) is 3.03. The van der Waals surface area contributed by atoms with Crippen molar-refractivity contribution < 1.29 is 9.21 Å². The van der Waals surface area contributed by atoms with Gasteiger partial charge in [-0.3, -0.25) is 4.79 Å². The average molecular weight is 256 g/mol. The second kappa shape index (κ2) is 4.73. The number of hydrogen-bond acceptors (Lipinski definition) is 2. The van der Waals surface area contributed by atoms with Gasteiger partial charge in [0.25, 0.3) is 5.91 Å². The first-order valence-corrected chi connectivity index (χ1v) is 6.40. The molecule has 1 heterocycles. The number of amides is 1. The van der Waals surface area contributed by atoms with E-state index in [2.05, 4.69) is 19.2 Å². The molecular weight excluding hydrogens is 238 g/mol. The van der Waals surface area contributed by atoms with Crippen LogP contribution in [0.3, 0.4) is 0 Å². The fourth-order valence-electron chi connectivity index (χ4n) is 2.54. The van der Waals surface area contributed by atoms with Crippen molar-refractivity contribution in [1.29, 1.82) is 0 Å². The molecular formula is C13H18ClNO2. The van der Waals surface area contributed by atoms with E-state index in [-0.39, 0.29) is 17.2 Å². The molecule has 1 fully saturated rings. The summed E-state index contributed by atoms with van der Waals surface area (Å²) in [4.78, 5) is 12.0. The lowest BCUT2D eigenvalue weighted by Crippen LogP contribution is -2.40. The van der Waals surface area contributed by atoms with Crippen LogP contribution in [0.5, 0.6) is 0 Å². The van der Waals surface area contributed by atoms with Crippen LogP contribution in [0.1, 0.15) is 49.9 Å². The molecule has 1 atom stereocenters. The van der Waals surface area contributed by atoms with E-state index in [4.69, 9.17) is 16.0 Å². The Labute approximate surface area is 107 Å². The van der Waals surface area contributed by atoms with Gasteiger partial charge >= 0.3 is 0 Å². The second-order valence-electron chi connectivity index (χ2n) is 5.54. The SMILES string of the molecule is CC1(C)CCCC(NC(=O)c2ccoc2Cl)C1. The normalized spacial score (nSPS) is 23.4. The van der Waals surface area contributed by atoms with Crippen LogP contribution >= 0.6 is 11.6 Å². The van der Waals surface area contributed by atoms with Gasteiger partial charge in [-0.05, 0) is 42.3 Å². The smallest absolute Gasteiger partial charge is 0.256 e. The maximum Gasteiger partial charge on any atom is 0.256 e. The number of furan rings is 1. The molecule has 1 N–H and O–H groups in total. The van der Waals surface area contributed by atoms with Gasteiger partial charge in [-0.15, -0.1) is 0 Å². The highest BCUT2D eigenvalue weighted by Gasteiger charge is 2.29. The standard InChI is InChI=1S/C13H18ClNO2/c1-13(2)6-3-4-9(8-13)15-12(16)10-5-7-17-11(10)14/h5,7,9H,3-4,6,8H2,1-2H3,(H,15,16). The van der Waals surface area contributed by atoms with Gasteiger partial charge in [0.2, 0.25) is 5.22 Å². The van der Waals surface area contributed by atoms with E-state index in [0.29, 0.717) is 11.0 Å². The molecule has 2 rings (SSSR count). The summed E-state index contributed by atoms with van der Waals surface area (Å²) < 4.78 is 4.92. The first-order chi connectivity index (χ1) is 7.98. The van der Waals surface area contributed by atoms with Gasteiger partial charge in [0, 0.05) is 6.04 Å². The molecule has 1 aliphatic rings. The van der Waals surface area contributed by atoms with E-state index in [1.807, 2.05) is 0 Å². The molecule has 0 bridgehead atoms. The summed E-state index contributed by atoms with van der Waals surface area (Å²) in [5.74, 6) is -0.133. The third-order valence-corrected chi connectivity index (χ3v) is 3.70. The lowest BCUT2D eigenvalue weighted by Gasteiger charge is -2.35. The summed E-state index contributed by atoms with van der Waals surface area (Å²) in [5, 5.41) is 3.20. The molecule has 0 spiro atoms. The lowest BCUT2D eigenvalue weighted by molar-refractivity contribution is 0.0902. The van der Waals surface area contributed by atoms with E-state index < -0.39 is 0 Å². The summed E-state index contributed by atoms with van der Waals surface area (Å²) in [5.41, 5.74) is 0.742. The highest BCUT2D eigenvalue weighted by atomic mass is 35.5. The van der Waals surface area contributed by atoms with Crippen LogP contribution in [0, 0.1) is 5.41 Å². The Kier molecular flexibility index (Phi) is 3.48. The van der Waals surface area contributed by atoms with E-state index in [0.717, 1.165) is 19.3 Å². The molecule has 1 saturated carbocycles. The highest BCUT2D eigenvalue weighted by molar-refractivity contribution is 6.32. The predicted octanol–water partition coefficient (Wildman–Crippen LogP) is 3.63. The minimum Gasteiger partial charge on any atom is -0.452 e. The number of nitrogens with one attached hydrogen (secondary N) is 1. The van der Waals surface area contributed by atoms with Crippen molar-refractivity contribution >= 4 is 17.5 Å². The van der Waals surface area contributed by atoms with Crippen molar-refractivity contribution in [2.45, 2.75) is 45.6 Å². The van der Waals surface area contributed by atoms with Gasteiger partial charge in [-0.25, -0.2) is 0 Å². The van der Waals surface area contributed by atoms with E-state index in [9.17, 15) is 4.79 Å². The van der Waals surface area contributed by atoms with Gasteiger partial charge in [-0.1, -0.05) is 20.3 Å². The maximum absolute atomic E-state index is 12.0. The molecule has 4 heteroatoms. The molecule has 1 aliphatic carbocycles. The van der Waals surface area contributed by atoms with Crippen LogP contribution in [-0.2, 0) is 0 Å². The topological polar surface area (TPSA) is 42.2 Å². The van der Waals surface area contributed by atoms with Crippen LogP contribution in [0.2, 0.25) is 5.22 Å². The Morgan fingerprint density at radius 1 is 1.59 bits per heavy atom. The van der Waals surface area contributed by atoms with Crippen molar-refractivity contribution in [2.24, 2.45) is 5.41 Å². The Bertz CT molecular complexity index is 411. The quantitative estimate of drug-likeness (QED) is 0.877.